The highest BCUT2D eigenvalue weighted by Gasteiger charge is 2.14. The predicted molar refractivity (Wildman–Crippen MR) is 96.1 cm³/mol. The van der Waals surface area contributed by atoms with Crippen LogP contribution in [0.25, 0.3) is 0 Å². The van der Waals surface area contributed by atoms with Gasteiger partial charge in [0.15, 0.2) is 0 Å². The number of anilines is 2. The van der Waals surface area contributed by atoms with Crippen molar-refractivity contribution in [3.63, 3.8) is 0 Å². The molecule has 0 radical (unpaired) electrons. The van der Waals surface area contributed by atoms with Crippen LogP contribution >= 0.6 is 11.6 Å². The standard InChI is InChI=1S/C18H22ClN3O2/c1-10-8-11(2)16(12(3)9-10)22-18-15(6-7-24-14(5)23)17(19)20-13(4)21-18/h8-9H,6-7H2,1-5H3,(H,20,21,22). The Labute approximate surface area is 147 Å². The summed E-state index contributed by atoms with van der Waals surface area (Å²) in [5.74, 6) is 0.912. The van der Waals surface area contributed by atoms with Gasteiger partial charge in [-0.15, -0.1) is 0 Å². The van der Waals surface area contributed by atoms with Gasteiger partial charge in [0.25, 0.3) is 0 Å². The van der Waals surface area contributed by atoms with Crippen LogP contribution in [0, 0.1) is 27.7 Å². The summed E-state index contributed by atoms with van der Waals surface area (Å²) in [6.45, 7) is 9.59. The molecule has 0 fully saturated rings. The Bertz CT molecular complexity index is 752. The van der Waals surface area contributed by atoms with Crippen molar-refractivity contribution < 1.29 is 9.53 Å². The van der Waals surface area contributed by atoms with Gasteiger partial charge in [-0.25, -0.2) is 9.97 Å². The zero-order valence-corrected chi connectivity index (χ0v) is 15.4. The highest BCUT2D eigenvalue weighted by atomic mass is 35.5. The minimum atomic E-state index is -0.320. The number of benzene rings is 1. The van der Waals surface area contributed by atoms with E-state index in [1.165, 1.54) is 12.5 Å². The highest BCUT2D eigenvalue weighted by molar-refractivity contribution is 6.30. The van der Waals surface area contributed by atoms with Gasteiger partial charge in [-0.2, -0.15) is 0 Å². The van der Waals surface area contributed by atoms with Crippen molar-refractivity contribution in [2.45, 2.75) is 41.0 Å². The summed E-state index contributed by atoms with van der Waals surface area (Å²) in [5, 5.41) is 3.75. The van der Waals surface area contributed by atoms with Gasteiger partial charge in [-0.05, 0) is 38.8 Å². The number of rotatable bonds is 5. The molecule has 1 N–H and O–H groups in total. The Hall–Kier alpha value is -2.14. The molecule has 2 aromatic rings. The van der Waals surface area contributed by atoms with Gasteiger partial charge in [0.2, 0.25) is 0 Å². The van der Waals surface area contributed by atoms with Crippen LogP contribution in [0.2, 0.25) is 5.15 Å². The molecular formula is C18H22ClN3O2. The van der Waals surface area contributed by atoms with E-state index >= 15 is 0 Å². The minimum Gasteiger partial charge on any atom is -0.466 e. The van der Waals surface area contributed by atoms with Crippen LogP contribution in [0.4, 0.5) is 11.5 Å². The number of carbonyl (C=O) groups excluding carboxylic acids is 1. The van der Waals surface area contributed by atoms with E-state index in [9.17, 15) is 4.79 Å². The van der Waals surface area contributed by atoms with Crippen LogP contribution in [-0.2, 0) is 16.0 Å². The normalized spacial score (nSPS) is 10.6. The number of nitrogens with zero attached hydrogens (tertiary/aromatic N) is 2. The van der Waals surface area contributed by atoms with Crippen molar-refractivity contribution in [2.24, 2.45) is 0 Å². The predicted octanol–water partition coefficient (Wildman–Crippen LogP) is 4.21. The Kier molecular flexibility index (Phi) is 5.78. The van der Waals surface area contributed by atoms with E-state index in [-0.39, 0.29) is 12.6 Å². The number of aryl methyl sites for hydroxylation is 4. The Balaban J connectivity index is 2.37. The van der Waals surface area contributed by atoms with Crippen LogP contribution < -0.4 is 5.32 Å². The average Bonchev–Trinajstić information content (AvgIpc) is 2.44. The third-order valence-electron chi connectivity index (χ3n) is 3.65. The van der Waals surface area contributed by atoms with E-state index < -0.39 is 0 Å². The lowest BCUT2D eigenvalue weighted by Gasteiger charge is -2.17. The maximum absolute atomic E-state index is 11.0. The van der Waals surface area contributed by atoms with Gasteiger partial charge in [-0.3, -0.25) is 4.79 Å². The number of esters is 1. The fraction of sp³-hybridized carbons (Fsp3) is 0.389. The number of hydrogen-bond acceptors (Lipinski definition) is 5. The molecule has 0 saturated carbocycles. The maximum atomic E-state index is 11.0. The first-order valence-corrected chi connectivity index (χ1v) is 8.17. The number of aromatic nitrogens is 2. The van der Waals surface area contributed by atoms with Gasteiger partial charge >= 0.3 is 5.97 Å². The van der Waals surface area contributed by atoms with E-state index in [1.54, 1.807) is 6.92 Å². The summed E-state index contributed by atoms with van der Waals surface area (Å²) in [7, 11) is 0. The number of halogens is 1. The van der Waals surface area contributed by atoms with Crippen LogP contribution in [0.15, 0.2) is 12.1 Å². The van der Waals surface area contributed by atoms with E-state index in [2.05, 4.69) is 48.2 Å². The van der Waals surface area contributed by atoms with Crippen molar-refractivity contribution in [1.82, 2.24) is 9.97 Å². The molecule has 1 aromatic heterocycles. The van der Waals surface area contributed by atoms with Crippen molar-refractivity contribution in [3.05, 3.63) is 45.4 Å². The van der Waals surface area contributed by atoms with Crippen molar-refractivity contribution in [2.75, 3.05) is 11.9 Å². The molecule has 128 valence electrons. The third-order valence-corrected chi connectivity index (χ3v) is 3.96. The minimum absolute atomic E-state index is 0.238. The number of hydrogen-bond donors (Lipinski definition) is 1. The van der Waals surface area contributed by atoms with Crippen LogP contribution in [-0.4, -0.2) is 22.5 Å². The number of nitrogens with one attached hydrogen (secondary N) is 1. The first kappa shape index (κ1) is 18.2. The maximum Gasteiger partial charge on any atom is 0.302 e. The largest absolute Gasteiger partial charge is 0.466 e. The quantitative estimate of drug-likeness (QED) is 0.648. The molecule has 0 atom stereocenters. The summed E-state index contributed by atoms with van der Waals surface area (Å²) in [6.07, 6.45) is 0.449. The second-order valence-corrected chi connectivity index (χ2v) is 6.24. The third kappa shape index (κ3) is 4.45. The lowest BCUT2D eigenvalue weighted by Crippen LogP contribution is -2.10. The number of ether oxygens (including phenoxy) is 1. The molecule has 0 aliphatic carbocycles. The van der Waals surface area contributed by atoms with E-state index in [0.717, 1.165) is 22.4 Å². The second kappa shape index (κ2) is 7.62. The zero-order valence-electron chi connectivity index (χ0n) is 14.7. The lowest BCUT2D eigenvalue weighted by atomic mass is 10.0. The Morgan fingerprint density at radius 2 is 1.79 bits per heavy atom. The van der Waals surface area contributed by atoms with E-state index in [0.29, 0.717) is 23.2 Å². The molecule has 0 amide bonds. The topological polar surface area (TPSA) is 64.1 Å². The molecule has 0 saturated heterocycles. The molecule has 0 aliphatic heterocycles. The van der Waals surface area contributed by atoms with Gasteiger partial charge in [0, 0.05) is 24.6 Å². The fourth-order valence-electron chi connectivity index (χ4n) is 2.68. The van der Waals surface area contributed by atoms with Gasteiger partial charge in [-0.1, -0.05) is 29.3 Å². The molecule has 0 unspecified atom stereocenters. The molecule has 6 heteroatoms. The molecule has 1 aromatic carbocycles. The smallest absolute Gasteiger partial charge is 0.302 e. The first-order chi connectivity index (χ1) is 11.3. The highest BCUT2D eigenvalue weighted by Crippen LogP contribution is 2.29. The van der Waals surface area contributed by atoms with Gasteiger partial charge in [0.1, 0.15) is 16.8 Å². The lowest BCUT2D eigenvalue weighted by molar-refractivity contribution is -0.140. The first-order valence-electron chi connectivity index (χ1n) is 7.79. The molecular weight excluding hydrogens is 326 g/mol. The van der Waals surface area contributed by atoms with Crippen molar-refractivity contribution in [3.8, 4) is 0 Å². The average molecular weight is 348 g/mol. The summed E-state index contributed by atoms with van der Waals surface area (Å²) in [5.41, 5.74) is 5.21. The van der Waals surface area contributed by atoms with Crippen molar-refractivity contribution in [1.29, 1.82) is 0 Å². The number of carbonyl (C=O) groups is 1. The SMILES string of the molecule is CC(=O)OCCc1c(Cl)nc(C)nc1Nc1c(C)cc(C)cc1C. The molecule has 5 nitrogen and oxygen atoms in total. The zero-order chi connectivity index (χ0) is 17.9. The van der Waals surface area contributed by atoms with Crippen LogP contribution in [0.3, 0.4) is 0 Å². The molecule has 24 heavy (non-hydrogen) atoms. The molecule has 0 aliphatic rings. The van der Waals surface area contributed by atoms with Gasteiger partial charge in [0.05, 0.1) is 6.61 Å². The van der Waals surface area contributed by atoms with Crippen LogP contribution in [0.1, 0.15) is 35.0 Å². The Morgan fingerprint density at radius 3 is 2.38 bits per heavy atom. The second-order valence-electron chi connectivity index (χ2n) is 5.88. The van der Waals surface area contributed by atoms with Gasteiger partial charge < -0.3 is 10.1 Å². The van der Waals surface area contributed by atoms with E-state index in [1.807, 2.05) is 0 Å². The Morgan fingerprint density at radius 1 is 1.17 bits per heavy atom. The molecule has 2 rings (SSSR count). The summed E-state index contributed by atoms with van der Waals surface area (Å²) < 4.78 is 5.02. The van der Waals surface area contributed by atoms with Crippen molar-refractivity contribution >= 4 is 29.1 Å². The summed E-state index contributed by atoms with van der Waals surface area (Å²) in [4.78, 5) is 19.7. The van der Waals surface area contributed by atoms with E-state index in [4.69, 9.17) is 16.3 Å². The summed E-state index contributed by atoms with van der Waals surface area (Å²) in [6, 6.07) is 4.23. The fourth-order valence-corrected chi connectivity index (χ4v) is 2.99. The summed E-state index contributed by atoms with van der Waals surface area (Å²) >= 11 is 6.29. The molecule has 0 bridgehead atoms. The monoisotopic (exact) mass is 347 g/mol. The molecule has 0 spiro atoms. The van der Waals surface area contributed by atoms with Crippen LogP contribution in [0.5, 0.6) is 0 Å². The molecule has 1 heterocycles.